The molecule has 0 bridgehead atoms. The minimum atomic E-state index is 0.715. The Kier molecular flexibility index (Phi) is 3.80. The van der Waals surface area contributed by atoms with Crippen LogP contribution in [0.4, 0.5) is 5.69 Å². The Labute approximate surface area is 156 Å². The molecule has 130 valence electrons. The fraction of sp³-hybridized carbons (Fsp3) is 0.190. The van der Waals surface area contributed by atoms with Crippen LogP contribution in [-0.2, 0) is 0 Å². The van der Waals surface area contributed by atoms with Crippen LogP contribution in [0.1, 0.15) is 0 Å². The van der Waals surface area contributed by atoms with Gasteiger partial charge in [0.05, 0.1) is 11.2 Å². The van der Waals surface area contributed by atoms with Gasteiger partial charge in [-0.05, 0) is 30.3 Å². The van der Waals surface area contributed by atoms with Gasteiger partial charge >= 0.3 is 0 Å². The van der Waals surface area contributed by atoms with Crippen molar-refractivity contribution in [1.82, 2.24) is 15.3 Å². The smallest absolute Gasteiger partial charge is 0.0751 e. The number of nitrogens with one attached hydrogen (secondary N) is 2. The molecule has 1 aliphatic heterocycles. The number of aromatic nitrogens is 2. The maximum absolute atomic E-state index is 6.26. The fourth-order valence-corrected chi connectivity index (χ4v) is 3.94. The van der Waals surface area contributed by atoms with Crippen LogP contribution in [0.2, 0.25) is 5.02 Å². The number of pyridine rings is 1. The Hall–Kier alpha value is -2.56. The van der Waals surface area contributed by atoms with Crippen molar-refractivity contribution in [1.29, 1.82) is 0 Å². The molecule has 2 N–H and O–H groups in total. The van der Waals surface area contributed by atoms with Crippen molar-refractivity contribution in [2.24, 2.45) is 0 Å². The molecular formula is C21H19ClN4. The van der Waals surface area contributed by atoms with E-state index in [1.54, 1.807) is 0 Å². The molecule has 0 spiro atoms. The number of piperazine rings is 1. The molecule has 26 heavy (non-hydrogen) atoms. The molecule has 0 unspecified atom stereocenters. The summed E-state index contributed by atoms with van der Waals surface area (Å²) < 4.78 is 0. The molecule has 1 fully saturated rings. The summed E-state index contributed by atoms with van der Waals surface area (Å²) in [5.74, 6) is 0. The van der Waals surface area contributed by atoms with Crippen LogP contribution in [0.5, 0.6) is 0 Å². The minimum absolute atomic E-state index is 0.715. The lowest BCUT2D eigenvalue weighted by atomic mass is 10.1. The number of H-pyrrole nitrogens is 1. The van der Waals surface area contributed by atoms with Crippen LogP contribution in [0.3, 0.4) is 0 Å². The molecule has 5 rings (SSSR count). The third kappa shape index (κ3) is 2.62. The van der Waals surface area contributed by atoms with Crippen LogP contribution in [0.15, 0.2) is 54.7 Å². The first-order valence-electron chi connectivity index (χ1n) is 8.92. The zero-order valence-electron chi connectivity index (χ0n) is 14.3. The van der Waals surface area contributed by atoms with Crippen LogP contribution >= 0.6 is 11.6 Å². The number of para-hydroxylation sites is 1. The zero-order chi connectivity index (χ0) is 17.5. The third-order valence-electron chi connectivity index (χ3n) is 5.07. The Bertz CT molecular complexity index is 1100. The summed E-state index contributed by atoms with van der Waals surface area (Å²) >= 11 is 6.26. The molecule has 5 heteroatoms. The first-order valence-corrected chi connectivity index (χ1v) is 9.30. The third-order valence-corrected chi connectivity index (χ3v) is 5.31. The number of anilines is 1. The first kappa shape index (κ1) is 15.7. The van der Waals surface area contributed by atoms with Crippen LogP contribution in [0.25, 0.3) is 33.1 Å². The Balaban J connectivity index is 1.75. The molecule has 2 aromatic carbocycles. The molecule has 0 atom stereocenters. The monoisotopic (exact) mass is 362 g/mol. The highest BCUT2D eigenvalue weighted by Gasteiger charge is 2.17. The van der Waals surface area contributed by atoms with Crippen molar-refractivity contribution < 1.29 is 0 Å². The summed E-state index contributed by atoms with van der Waals surface area (Å²) in [5, 5.41) is 6.48. The Morgan fingerprint density at radius 3 is 2.69 bits per heavy atom. The van der Waals surface area contributed by atoms with Gasteiger partial charge in [-0.2, -0.15) is 0 Å². The molecule has 0 saturated carbocycles. The van der Waals surface area contributed by atoms with Crippen LogP contribution < -0.4 is 10.2 Å². The van der Waals surface area contributed by atoms with Crippen molar-refractivity contribution in [3.63, 3.8) is 0 Å². The number of rotatable bonds is 2. The van der Waals surface area contributed by atoms with E-state index in [-0.39, 0.29) is 0 Å². The van der Waals surface area contributed by atoms with E-state index >= 15 is 0 Å². The number of hydrogen-bond acceptors (Lipinski definition) is 3. The topological polar surface area (TPSA) is 44.0 Å². The summed E-state index contributed by atoms with van der Waals surface area (Å²) in [6, 6.07) is 16.5. The molecule has 1 saturated heterocycles. The number of aromatic amines is 1. The van der Waals surface area contributed by atoms with Gasteiger partial charge in [0.1, 0.15) is 0 Å². The maximum atomic E-state index is 6.26. The lowest BCUT2D eigenvalue weighted by Crippen LogP contribution is -2.43. The predicted molar refractivity (Wildman–Crippen MR) is 109 cm³/mol. The van der Waals surface area contributed by atoms with E-state index in [1.165, 1.54) is 11.1 Å². The van der Waals surface area contributed by atoms with Crippen molar-refractivity contribution in [3.05, 3.63) is 59.8 Å². The lowest BCUT2D eigenvalue weighted by Gasteiger charge is -2.30. The van der Waals surface area contributed by atoms with E-state index in [0.29, 0.717) is 5.02 Å². The van der Waals surface area contributed by atoms with Gasteiger partial charge in [0.2, 0.25) is 0 Å². The van der Waals surface area contributed by atoms with Gasteiger partial charge in [-0.1, -0.05) is 29.8 Å². The van der Waals surface area contributed by atoms with Gasteiger partial charge in [0.25, 0.3) is 0 Å². The standard InChI is InChI=1S/C21H19ClN4/c22-14-5-6-16-19(11-14)25-20(12-21(16)26-9-7-23-8-10-26)17-13-24-18-4-2-1-3-15(17)18/h1-6,11-13,23-24H,7-10H2. The Morgan fingerprint density at radius 2 is 1.81 bits per heavy atom. The van der Waals surface area contributed by atoms with Crippen LogP contribution in [-0.4, -0.2) is 36.1 Å². The predicted octanol–water partition coefficient (Wildman–Crippen LogP) is 4.45. The van der Waals surface area contributed by atoms with Gasteiger partial charge in [-0.3, -0.25) is 0 Å². The van der Waals surface area contributed by atoms with E-state index < -0.39 is 0 Å². The molecule has 0 aliphatic carbocycles. The number of benzene rings is 2. The van der Waals surface area contributed by atoms with Gasteiger partial charge in [-0.25, -0.2) is 4.98 Å². The average molecular weight is 363 g/mol. The summed E-state index contributed by atoms with van der Waals surface area (Å²) in [6.45, 7) is 3.99. The van der Waals surface area contributed by atoms with Gasteiger partial charge in [-0.15, -0.1) is 0 Å². The second-order valence-electron chi connectivity index (χ2n) is 6.67. The van der Waals surface area contributed by atoms with E-state index in [2.05, 4.69) is 45.5 Å². The van der Waals surface area contributed by atoms with Crippen molar-refractivity contribution >= 4 is 39.1 Å². The molecule has 4 nitrogen and oxygen atoms in total. The Morgan fingerprint density at radius 1 is 0.962 bits per heavy atom. The summed E-state index contributed by atoms with van der Waals surface area (Å²) in [5.41, 5.74) is 5.39. The molecular weight excluding hydrogens is 344 g/mol. The maximum Gasteiger partial charge on any atom is 0.0751 e. The number of fused-ring (bicyclic) bond motifs is 2. The number of halogens is 1. The second-order valence-corrected chi connectivity index (χ2v) is 7.11. The van der Waals surface area contributed by atoms with Gasteiger partial charge in [0, 0.05) is 64.9 Å². The highest BCUT2D eigenvalue weighted by Crippen LogP contribution is 2.35. The zero-order valence-corrected chi connectivity index (χ0v) is 15.1. The van der Waals surface area contributed by atoms with E-state index in [0.717, 1.165) is 53.9 Å². The first-order chi connectivity index (χ1) is 12.8. The SMILES string of the molecule is Clc1ccc2c(N3CCNCC3)cc(-c3c[nH]c4ccccc34)nc2c1. The molecule has 2 aromatic heterocycles. The van der Waals surface area contributed by atoms with Gasteiger partial charge < -0.3 is 15.2 Å². The molecule has 3 heterocycles. The molecule has 4 aromatic rings. The highest BCUT2D eigenvalue weighted by atomic mass is 35.5. The quantitative estimate of drug-likeness (QED) is 0.554. The van der Waals surface area contributed by atoms with Crippen molar-refractivity contribution in [2.75, 3.05) is 31.1 Å². The van der Waals surface area contributed by atoms with Crippen molar-refractivity contribution in [2.45, 2.75) is 0 Å². The molecule has 0 amide bonds. The van der Waals surface area contributed by atoms with Crippen molar-refractivity contribution in [3.8, 4) is 11.3 Å². The second kappa shape index (κ2) is 6.31. The minimum Gasteiger partial charge on any atom is -0.368 e. The van der Waals surface area contributed by atoms with E-state index in [4.69, 9.17) is 16.6 Å². The lowest BCUT2D eigenvalue weighted by molar-refractivity contribution is 0.590. The summed E-state index contributed by atoms with van der Waals surface area (Å²) in [4.78, 5) is 10.7. The average Bonchev–Trinajstić information content (AvgIpc) is 3.12. The van der Waals surface area contributed by atoms with Gasteiger partial charge in [0.15, 0.2) is 0 Å². The van der Waals surface area contributed by atoms with Crippen LogP contribution in [0, 0.1) is 0 Å². The van der Waals surface area contributed by atoms with E-state index in [1.807, 2.05) is 24.4 Å². The normalized spacial score (nSPS) is 15.0. The largest absolute Gasteiger partial charge is 0.368 e. The highest BCUT2D eigenvalue weighted by molar-refractivity contribution is 6.31. The van der Waals surface area contributed by atoms with E-state index in [9.17, 15) is 0 Å². The summed E-state index contributed by atoms with van der Waals surface area (Å²) in [6.07, 6.45) is 2.05. The number of hydrogen-bond donors (Lipinski definition) is 2. The molecule has 0 radical (unpaired) electrons. The summed E-state index contributed by atoms with van der Waals surface area (Å²) in [7, 11) is 0. The fourth-order valence-electron chi connectivity index (χ4n) is 3.77. The number of nitrogens with zero attached hydrogens (tertiary/aromatic N) is 2. The molecule has 1 aliphatic rings.